The highest BCUT2D eigenvalue weighted by Crippen LogP contribution is 2.47. The Morgan fingerprint density at radius 3 is 2.18 bits per heavy atom. The number of benzene rings is 1. The maximum absolute atomic E-state index is 11.3. The van der Waals surface area contributed by atoms with Gasteiger partial charge in [-0.1, -0.05) is 6.92 Å². The van der Waals surface area contributed by atoms with Gasteiger partial charge in [-0.25, -0.2) is 0 Å². The minimum absolute atomic E-state index is 0.0237. The van der Waals surface area contributed by atoms with E-state index in [1.807, 2.05) is 0 Å². The van der Waals surface area contributed by atoms with Crippen LogP contribution in [0, 0.1) is 0 Å². The largest absolute Gasteiger partial charge is 0.504 e. The van der Waals surface area contributed by atoms with Crippen LogP contribution in [0.15, 0.2) is 6.07 Å². The van der Waals surface area contributed by atoms with E-state index >= 15 is 0 Å². The van der Waals surface area contributed by atoms with Crippen LogP contribution in [0.3, 0.4) is 0 Å². The Kier molecular flexibility index (Phi) is 3.83. The third-order valence-corrected chi connectivity index (χ3v) is 2.70. The van der Waals surface area contributed by atoms with Crippen molar-refractivity contribution < 1.29 is 24.5 Å². The summed E-state index contributed by atoms with van der Waals surface area (Å²) in [4.78, 5) is 11.3. The number of phenols is 2. The van der Waals surface area contributed by atoms with Gasteiger partial charge in [0, 0.05) is 11.5 Å². The smallest absolute Gasteiger partial charge is 0.207 e. The van der Waals surface area contributed by atoms with E-state index in [1.54, 1.807) is 6.92 Å². The average Bonchev–Trinajstić information content (AvgIpc) is 2.29. The minimum atomic E-state index is -0.527. The highest BCUT2D eigenvalue weighted by Gasteiger charge is 2.24. The summed E-state index contributed by atoms with van der Waals surface area (Å²) in [6.07, 6.45) is 0. The zero-order valence-electron chi connectivity index (χ0n) is 10.3. The zero-order chi connectivity index (χ0) is 13.2. The lowest BCUT2D eigenvalue weighted by Crippen LogP contribution is -2.05. The number of hydrogen-bond acceptors (Lipinski definition) is 5. The topological polar surface area (TPSA) is 76.0 Å². The lowest BCUT2D eigenvalue weighted by atomic mass is 9.95. The van der Waals surface area contributed by atoms with Crippen LogP contribution < -0.4 is 9.47 Å². The molecule has 0 saturated heterocycles. The second-order valence-electron chi connectivity index (χ2n) is 3.73. The molecule has 0 aliphatic rings. The second-order valence-corrected chi connectivity index (χ2v) is 3.73. The molecule has 0 bridgehead atoms. The fraction of sp³-hybridized carbons (Fsp3) is 0.417. The maximum atomic E-state index is 11.3. The zero-order valence-corrected chi connectivity index (χ0v) is 10.3. The number of carbonyl (C=O) groups excluding carboxylic acids is 1. The summed E-state index contributed by atoms with van der Waals surface area (Å²) < 4.78 is 9.90. The number of Topliss-reactive ketones (excluding diaryl/α,β-unsaturated/α-hetero) is 1. The van der Waals surface area contributed by atoms with Crippen LogP contribution in [0.1, 0.15) is 25.3 Å². The predicted molar refractivity (Wildman–Crippen MR) is 62.0 cm³/mol. The van der Waals surface area contributed by atoms with Crippen molar-refractivity contribution >= 4 is 5.78 Å². The molecule has 0 radical (unpaired) electrons. The molecule has 0 fully saturated rings. The lowest BCUT2D eigenvalue weighted by Gasteiger charge is -2.16. The van der Waals surface area contributed by atoms with Crippen molar-refractivity contribution in [3.8, 4) is 23.0 Å². The number of methoxy groups -OCH3 is 2. The molecule has 5 nitrogen and oxygen atoms in total. The van der Waals surface area contributed by atoms with Crippen LogP contribution >= 0.6 is 0 Å². The van der Waals surface area contributed by atoms with Crippen molar-refractivity contribution in [2.75, 3.05) is 14.2 Å². The van der Waals surface area contributed by atoms with Gasteiger partial charge in [-0.05, 0) is 13.0 Å². The summed E-state index contributed by atoms with van der Waals surface area (Å²) >= 11 is 0. The van der Waals surface area contributed by atoms with E-state index in [2.05, 4.69) is 0 Å². The number of aromatic hydroxyl groups is 2. The van der Waals surface area contributed by atoms with Gasteiger partial charge >= 0.3 is 0 Å². The van der Waals surface area contributed by atoms with E-state index in [9.17, 15) is 15.0 Å². The van der Waals surface area contributed by atoms with E-state index in [0.29, 0.717) is 5.56 Å². The van der Waals surface area contributed by atoms with Gasteiger partial charge in [-0.2, -0.15) is 0 Å². The van der Waals surface area contributed by atoms with Gasteiger partial charge in [0.25, 0.3) is 0 Å². The molecule has 0 aliphatic carbocycles. The molecule has 1 aromatic carbocycles. The first-order valence-electron chi connectivity index (χ1n) is 5.11. The summed E-state index contributed by atoms with van der Waals surface area (Å²) in [6, 6.07) is 1.31. The molecule has 1 aromatic rings. The number of ether oxygens (including phenoxy) is 2. The minimum Gasteiger partial charge on any atom is -0.504 e. The molecule has 17 heavy (non-hydrogen) atoms. The van der Waals surface area contributed by atoms with Crippen molar-refractivity contribution in [3.63, 3.8) is 0 Å². The molecule has 0 spiro atoms. The summed E-state index contributed by atoms with van der Waals surface area (Å²) in [5, 5.41) is 19.7. The maximum Gasteiger partial charge on any atom is 0.207 e. The molecule has 1 unspecified atom stereocenters. The van der Waals surface area contributed by atoms with Crippen molar-refractivity contribution in [1.82, 2.24) is 0 Å². The molecular weight excluding hydrogens is 224 g/mol. The highest BCUT2D eigenvalue weighted by atomic mass is 16.5. The van der Waals surface area contributed by atoms with Crippen molar-refractivity contribution in [3.05, 3.63) is 11.6 Å². The van der Waals surface area contributed by atoms with Crippen LogP contribution in [-0.4, -0.2) is 30.2 Å². The molecule has 0 aliphatic heterocycles. The third kappa shape index (κ3) is 2.27. The molecule has 5 heteroatoms. The van der Waals surface area contributed by atoms with Gasteiger partial charge in [0.2, 0.25) is 11.5 Å². The van der Waals surface area contributed by atoms with E-state index in [1.165, 1.54) is 27.2 Å². The van der Waals surface area contributed by atoms with Gasteiger partial charge in [0.15, 0.2) is 11.5 Å². The molecule has 94 valence electrons. The summed E-state index contributed by atoms with van der Waals surface area (Å²) in [5.41, 5.74) is 0.313. The fourth-order valence-electron chi connectivity index (χ4n) is 1.57. The molecule has 2 N–H and O–H groups in total. The molecule has 0 aromatic heterocycles. The summed E-state index contributed by atoms with van der Waals surface area (Å²) in [5.74, 6) is -0.942. The lowest BCUT2D eigenvalue weighted by molar-refractivity contribution is -0.118. The number of phenolic OH excluding ortho intramolecular Hbond substituents is 2. The standard InChI is InChI=1S/C12H16O5/c1-6(7(2)13)8-5-9(14)11(16-3)12(17-4)10(8)15/h5-6,14-15H,1-4H3. The van der Waals surface area contributed by atoms with Gasteiger partial charge in [-0.3, -0.25) is 4.79 Å². The Bertz CT molecular complexity index is 439. The van der Waals surface area contributed by atoms with Crippen LogP contribution in [0.5, 0.6) is 23.0 Å². The molecule has 1 rings (SSSR count). The number of rotatable bonds is 4. The highest BCUT2D eigenvalue weighted by molar-refractivity contribution is 5.84. The predicted octanol–water partition coefficient (Wildman–Crippen LogP) is 1.81. The molecule has 0 amide bonds. The van der Waals surface area contributed by atoms with Gasteiger partial charge in [-0.15, -0.1) is 0 Å². The Hall–Kier alpha value is -1.91. The SMILES string of the molecule is COc1c(O)cc(C(C)C(C)=O)c(O)c1OC. The molecule has 0 heterocycles. The van der Waals surface area contributed by atoms with E-state index in [-0.39, 0.29) is 28.8 Å². The first-order valence-corrected chi connectivity index (χ1v) is 5.11. The Labute approximate surface area is 99.6 Å². The molecule has 0 saturated carbocycles. The first-order chi connectivity index (χ1) is 7.93. The normalized spacial score (nSPS) is 12.0. The van der Waals surface area contributed by atoms with Gasteiger partial charge in [0.05, 0.1) is 14.2 Å². The molecule has 1 atom stereocenters. The number of hydrogen-bond donors (Lipinski definition) is 2. The number of carbonyl (C=O) groups is 1. The number of ketones is 1. The van der Waals surface area contributed by atoms with Crippen LogP contribution in [0.25, 0.3) is 0 Å². The van der Waals surface area contributed by atoms with E-state index in [4.69, 9.17) is 9.47 Å². The van der Waals surface area contributed by atoms with Gasteiger partial charge < -0.3 is 19.7 Å². The van der Waals surface area contributed by atoms with Crippen molar-refractivity contribution in [1.29, 1.82) is 0 Å². The first kappa shape index (κ1) is 13.2. The Balaban J connectivity index is 3.45. The second kappa shape index (κ2) is 4.95. The van der Waals surface area contributed by atoms with Crippen LogP contribution in [0.4, 0.5) is 0 Å². The summed E-state index contributed by atoms with van der Waals surface area (Å²) in [7, 11) is 2.70. The van der Waals surface area contributed by atoms with E-state index < -0.39 is 5.92 Å². The van der Waals surface area contributed by atoms with Gasteiger partial charge in [0.1, 0.15) is 5.78 Å². The monoisotopic (exact) mass is 240 g/mol. The summed E-state index contributed by atoms with van der Waals surface area (Å²) in [6.45, 7) is 3.06. The third-order valence-electron chi connectivity index (χ3n) is 2.70. The van der Waals surface area contributed by atoms with Crippen molar-refractivity contribution in [2.24, 2.45) is 0 Å². The van der Waals surface area contributed by atoms with Crippen molar-refractivity contribution in [2.45, 2.75) is 19.8 Å². The van der Waals surface area contributed by atoms with Crippen LogP contribution in [-0.2, 0) is 4.79 Å². The Morgan fingerprint density at radius 1 is 1.24 bits per heavy atom. The fourth-order valence-corrected chi connectivity index (χ4v) is 1.57. The average molecular weight is 240 g/mol. The van der Waals surface area contributed by atoms with E-state index in [0.717, 1.165) is 0 Å². The quantitative estimate of drug-likeness (QED) is 0.785. The molecular formula is C12H16O5. The Morgan fingerprint density at radius 2 is 1.76 bits per heavy atom. The van der Waals surface area contributed by atoms with Crippen LogP contribution in [0.2, 0.25) is 0 Å².